The first kappa shape index (κ1) is 12.8. The van der Waals surface area contributed by atoms with Gasteiger partial charge in [0.1, 0.15) is 5.75 Å². The Hall–Kier alpha value is -1.62. The highest BCUT2D eigenvalue weighted by Gasteiger charge is 2.07. The molecule has 0 N–H and O–H groups in total. The van der Waals surface area contributed by atoms with Gasteiger partial charge in [0.05, 0.1) is 17.8 Å². The molecule has 2 rings (SSSR count). The van der Waals surface area contributed by atoms with Gasteiger partial charge in [-0.1, -0.05) is 6.07 Å². The van der Waals surface area contributed by atoms with Crippen molar-refractivity contribution in [2.24, 2.45) is 0 Å². The summed E-state index contributed by atoms with van der Waals surface area (Å²) < 4.78 is 11.4. The van der Waals surface area contributed by atoms with Crippen molar-refractivity contribution in [3.05, 3.63) is 40.0 Å². The van der Waals surface area contributed by atoms with Gasteiger partial charge in [0, 0.05) is 0 Å². The van der Waals surface area contributed by atoms with E-state index in [4.69, 9.17) is 9.47 Å². The molecule has 0 spiro atoms. The normalized spacial score (nSPS) is 10.2. The Morgan fingerprint density at radius 2 is 1.78 bits per heavy atom. The highest BCUT2D eigenvalue weighted by atomic mass is 79.9. The number of aryl methyl sites for hydroxylation is 2. The molecule has 0 amide bonds. The van der Waals surface area contributed by atoms with Crippen LogP contribution in [0.25, 0.3) is 0 Å². The fourth-order valence-electron chi connectivity index (χ4n) is 1.63. The Bertz CT molecular complexity index is 553. The second-order valence-corrected chi connectivity index (χ2v) is 4.79. The summed E-state index contributed by atoms with van der Waals surface area (Å²) in [6.45, 7) is 4.03. The van der Waals surface area contributed by atoms with Gasteiger partial charge in [-0.2, -0.15) is 4.98 Å². The van der Waals surface area contributed by atoms with Crippen LogP contribution in [0.4, 0.5) is 0 Å². The number of aromatic nitrogens is 2. The molecule has 1 aromatic carbocycles. The minimum absolute atomic E-state index is 0.264. The number of methoxy groups -OCH3 is 1. The topological polar surface area (TPSA) is 44.2 Å². The maximum atomic E-state index is 5.61. The average Bonchev–Trinajstić information content (AvgIpc) is 2.30. The van der Waals surface area contributed by atoms with Crippen LogP contribution in [-0.4, -0.2) is 17.1 Å². The highest BCUT2D eigenvalue weighted by molar-refractivity contribution is 9.10. The fourth-order valence-corrected chi connectivity index (χ4v) is 1.98. The molecular formula is C13H13BrN2O2. The third-order valence-electron chi connectivity index (χ3n) is 2.29. The predicted molar refractivity (Wildman–Crippen MR) is 72.3 cm³/mol. The van der Waals surface area contributed by atoms with Gasteiger partial charge >= 0.3 is 6.01 Å². The Morgan fingerprint density at radius 3 is 2.39 bits per heavy atom. The molecule has 0 bridgehead atoms. The summed E-state index contributed by atoms with van der Waals surface area (Å²) in [5, 5.41) is 0. The SMILES string of the molecule is COc1nc(Oc2cc(C)cc(C)c2)ncc1Br. The minimum atomic E-state index is 0.264. The maximum Gasteiger partial charge on any atom is 0.325 e. The lowest BCUT2D eigenvalue weighted by Crippen LogP contribution is -1.96. The number of benzene rings is 1. The molecule has 0 aliphatic rings. The summed E-state index contributed by atoms with van der Waals surface area (Å²) >= 11 is 3.29. The number of ether oxygens (including phenoxy) is 2. The van der Waals surface area contributed by atoms with E-state index < -0.39 is 0 Å². The van der Waals surface area contributed by atoms with E-state index in [1.165, 1.54) is 0 Å². The molecule has 0 unspecified atom stereocenters. The molecule has 5 heteroatoms. The van der Waals surface area contributed by atoms with Crippen LogP contribution < -0.4 is 9.47 Å². The van der Waals surface area contributed by atoms with Gasteiger partial charge in [-0.3, -0.25) is 0 Å². The van der Waals surface area contributed by atoms with Gasteiger partial charge in [-0.15, -0.1) is 0 Å². The summed E-state index contributed by atoms with van der Waals surface area (Å²) in [4.78, 5) is 8.22. The van der Waals surface area contributed by atoms with Crippen molar-refractivity contribution in [2.45, 2.75) is 13.8 Å². The van der Waals surface area contributed by atoms with Crippen molar-refractivity contribution in [3.8, 4) is 17.6 Å². The largest absolute Gasteiger partial charge is 0.480 e. The molecule has 0 fully saturated rings. The van der Waals surface area contributed by atoms with Crippen LogP contribution in [-0.2, 0) is 0 Å². The second-order valence-electron chi connectivity index (χ2n) is 3.94. The van der Waals surface area contributed by atoms with E-state index in [1.807, 2.05) is 26.0 Å². The van der Waals surface area contributed by atoms with Gasteiger partial charge in [0.25, 0.3) is 0 Å². The molecule has 1 heterocycles. The number of nitrogens with zero attached hydrogens (tertiary/aromatic N) is 2. The molecule has 18 heavy (non-hydrogen) atoms. The zero-order chi connectivity index (χ0) is 13.1. The Kier molecular flexibility index (Phi) is 3.81. The standard InChI is InChI=1S/C13H13BrN2O2/c1-8-4-9(2)6-10(5-8)18-13-15-7-11(14)12(16-13)17-3/h4-7H,1-3H3. The molecule has 1 aromatic heterocycles. The average molecular weight is 309 g/mol. The zero-order valence-electron chi connectivity index (χ0n) is 10.4. The van der Waals surface area contributed by atoms with Crippen molar-refractivity contribution in [1.29, 1.82) is 0 Å². The van der Waals surface area contributed by atoms with Crippen molar-refractivity contribution >= 4 is 15.9 Å². The lowest BCUT2D eigenvalue weighted by atomic mass is 10.1. The summed E-state index contributed by atoms with van der Waals surface area (Å²) in [6.07, 6.45) is 1.60. The van der Waals surface area contributed by atoms with Crippen molar-refractivity contribution in [1.82, 2.24) is 9.97 Å². The molecule has 0 saturated carbocycles. The quantitative estimate of drug-likeness (QED) is 0.868. The van der Waals surface area contributed by atoms with Crippen molar-refractivity contribution < 1.29 is 9.47 Å². The van der Waals surface area contributed by atoms with Gasteiger partial charge in [-0.25, -0.2) is 4.98 Å². The van der Waals surface area contributed by atoms with E-state index in [0.717, 1.165) is 16.9 Å². The Balaban J connectivity index is 2.28. The number of halogens is 1. The third-order valence-corrected chi connectivity index (χ3v) is 2.83. The monoisotopic (exact) mass is 308 g/mol. The Labute approximate surface area is 114 Å². The molecule has 0 radical (unpaired) electrons. The summed E-state index contributed by atoms with van der Waals surface area (Å²) in [6, 6.07) is 6.21. The van der Waals surface area contributed by atoms with E-state index >= 15 is 0 Å². The van der Waals surface area contributed by atoms with E-state index in [-0.39, 0.29) is 6.01 Å². The molecule has 0 aliphatic heterocycles. The van der Waals surface area contributed by atoms with E-state index in [0.29, 0.717) is 10.4 Å². The van der Waals surface area contributed by atoms with Gasteiger partial charge in [0.15, 0.2) is 0 Å². The lowest BCUT2D eigenvalue weighted by Gasteiger charge is -2.07. The first-order valence-corrected chi connectivity index (χ1v) is 6.20. The smallest absolute Gasteiger partial charge is 0.325 e. The van der Waals surface area contributed by atoms with Gasteiger partial charge in [-0.05, 0) is 53.0 Å². The van der Waals surface area contributed by atoms with Crippen LogP contribution in [0.15, 0.2) is 28.9 Å². The zero-order valence-corrected chi connectivity index (χ0v) is 12.0. The van der Waals surface area contributed by atoms with Crippen LogP contribution >= 0.6 is 15.9 Å². The van der Waals surface area contributed by atoms with E-state index in [2.05, 4.69) is 32.0 Å². The van der Waals surface area contributed by atoms with E-state index in [9.17, 15) is 0 Å². The summed E-state index contributed by atoms with van der Waals surface area (Å²) in [7, 11) is 1.55. The molecule has 0 atom stereocenters. The number of hydrogen-bond donors (Lipinski definition) is 0. The number of hydrogen-bond acceptors (Lipinski definition) is 4. The second kappa shape index (κ2) is 5.35. The Morgan fingerprint density at radius 1 is 1.11 bits per heavy atom. The first-order valence-electron chi connectivity index (χ1n) is 5.41. The molecule has 4 nitrogen and oxygen atoms in total. The van der Waals surface area contributed by atoms with Crippen LogP contribution in [0, 0.1) is 13.8 Å². The van der Waals surface area contributed by atoms with Crippen LogP contribution in [0.1, 0.15) is 11.1 Å². The summed E-state index contributed by atoms with van der Waals surface area (Å²) in [5.74, 6) is 1.17. The fraction of sp³-hybridized carbons (Fsp3) is 0.231. The maximum absolute atomic E-state index is 5.61. The van der Waals surface area contributed by atoms with Crippen molar-refractivity contribution in [2.75, 3.05) is 7.11 Å². The third kappa shape index (κ3) is 2.98. The molecular weight excluding hydrogens is 296 g/mol. The lowest BCUT2D eigenvalue weighted by molar-refractivity contribution is 0.373. The minimum Gasteiger partial charge on any atom is -0.480 e. The summed E-state index contributed by atoms with van der Waals surface area (Å²) in [5.41, 5.74) is 2.27. The van der Waals surface area contributed by atoms with E-state index in [1.54, 1.807) is 13.3 Å². The van der Waals surface area contributed by atoms with Gasteiger partial charge < -0.3 is 9.47 Å². The first-order chi connectivity index (χ1) is 8.58. The molecule has 0 saturated heterocycles. The van der Waals surface area contributed by atoms with Crippen LogP contribution in [0.2, 0.25) is 0 Å². The molecule has 2 aromatic rings. The van der Waals surface area contributed by atoms with Crippen LogP contribution in [0.5, 0.6) is 17.6 Å². The number of rotatable bonds is 3. The highest BCUT2D eigenvalue weighted by Crippen LogP contribution is 2.26. The molecule has 94 valence electrons. The van der Waals surface area contributed by atoms with Gasteiger partial charge in [0.2, 0.25) is 5.88 Å². The molecule has 0 aliphatic carbocycles. The van der Waals surface area contributed by atoms with Crippen molar-refractivity contribution in [3.63, 3.8) is 0 Å². The van der Waals surface area contributed by atoms with Crippen LogP contribution in [0.3, 0.4) is 0 Å². The predicted octanol–water partition coefficient (Wildman–Crippen LogP) is 3.66.